The fourth-order valence-electron chi connectivity index (χ4n) is 3.17. The Kier molecular flexibility index (Phi) is 7.75. The highest BCUT2D eigenvalue weighted by Gasteiger charge is 2.14. The van der Waals surface area contributed by atoms with Crippen LogP contribution in [0.25, 0.3) is 0 Å². The summed E-state index contributed by atoms with van der Waals surface area (Å²) in [5.41, 5.74) is 3.43. The molecule has 3 aromatic rings. The lowest BCUT2D eigenvalue weighted by atomic mass is 9.99. The number of amides is 1. The van der Waals surface area contributed by atoms with Crippen molar-refractivity contribution in [1.29, 1.82) is 0 Å². The van der Waals surface area contributed by atoms with E-state index >= 15 is 0 Å². The normalized spacial score (nSPS) is 11.5. The number of rotatable bonds is 9. The van der Waals surface area contributed by atoms with Crippen molar-refractivity contribution in [1.82, 2.24) is 5.32 Å². The molecular formula is C25H26N2O3. The fourth-order valence-corrected chi connectivity index (χ4v) is 3.17. The number of benzene rings is 3. The van der Waals surface area contributed by atoms with Crippen LogP contribution in [-0.2, 0) is 16.0 Å². The van der Waals surface area contributed by atoms with Crippen molar-refractivity contribution in [2.45, 2.75) is 19.4 Å². The number of nitrogens with one attached hydrogen (secondary N) is 2. The van der Waals surface area contributed by atoms with Crippen molar-refractivity contribution in [2.24, 2.45) is 0 Å². The molecule has 0 aliphatic heterocycles. The third kappa shape index (κ3) is 6.29. The van der Waals surface area contributed by atoms with Gasteiger partial charge in [-0.15, -0.1) is 0 Å². The molecule has 2 N–H and O–H groups in total. The molecular weight excluding hydrogens is 376 g/mol. The van der Waals surface area contributed by atoms with Gasteiger partial charge >= 0.3 is 5.97 Å². The van der Waals surface area contributed by atoms with Crippen molar-refractivity contribution in [3.05, 3.63) is 102 Å². The van der Waals surface area contributed by atoms with E-state index in [2.05, 4.69) is 34.9 Å². The summed E-state index contributed by atoms with van der Waals surface area (Å²) in [5.74, 6) is -0.517. The first-order chi connectivity index (χ1) is 14.7. The van der Waals surface area contributed by atoms with E-state index < -0.39 is 0 Å². The van der Waals surface area contributed by atoms with E-state index in [0.29, 0.717) is 17.9 Å². The number of hydrogen-bond acceptors (Lipinski definition) is 4. The Hall–Kier alpha value is -3.44. The number of carbonyl (C=O) groups is 2. The highest BCUT2D eigenvalue weighted by molar-refractivity contribution is 5.94. The van der Waals surface area contributed by atoms with Crippen LogP contribution in [0.15, 0.2) is 84.9 Å². The Morgan fingerprint density at radius 3 is 2.13 bits per heavy atom. The second-order valence-electron chi connectivity index (χ2n) is 6.88. The summed E-state index contributed by atoms with van der Waals surface area (Å²) >= 11 is 0. The molecule has 5 heteroatoms. The molecule has 1 atom stereocenters. The minimum Gasteiger partial charge on any atom is -0.462 e. The molecule has 0 saturated carbocycles. The molecule has 0 heterocycles. The SMILES string of the molecule is CCOC(=O)c1ccc(NC(=O)CN[C@@H](Cc2ccccc2)c2ccccc2)cc1. The first-order valence-electron chi connectivity index (χ1n) is 10.0. The molecule has 3 aromatic carbocycles. The third-order valence-corrected chi connectivity index (χ3v) is 4.67. The predicted molar refractivity (Wildman–Crippen MR) is 118 cm³/mol. The van der Waals surface area contributed by atoms with Gasteiger partial charge in [-0.3, -0.25) is 4.79 Å². The fraction of sp³-hybridized carbons (Fsp3) is 0.200. The molecule has 154 valence electrons. The van der Waals surface area contributed by atoms with Crippen LogP contribution < -0.4 is 10.6 Å². The number of ether oxygens (including phenoxy) is 1. The lowest BCUT2D eigenvalue weighted by molar-refractivity contribution is -0.115. The topological polar surface area (TPSA) is 67.4 Å². The van der Waals surface area contributed by atoms with Gasteiger partial charge in [0.15, 0.2) is 0 Å². The van der Waals surface area contributed by atoms with Gasteiger partial charge in [0.25, 0.3) is 0 Å². The molecule has 0 bridgehead atoms. The van der Waals surface area contributed by atoms with Crippen LogP contribution in [-0.4, -0.2) is 25.0 Å². The molecule has 0 spiro atoms. The molecule has 5 nitrogen and oxygen atoms in total. The van der Waals surface area contributed by atoms with Crippen LogP contribution >= 0.6 is 0 Å². The summed E-state index contributed by atoms with van der Waals surface area (Å²) in [7, 11) is 0. The molecule has 0 aliphatic carbocycles. The van der Waals surface area contributed by atoms with E-state index in [9.17, 15) is 9.59 Å². The van der Waals surface area contributed by atoms with E-state index in [4.69, 9.17) is 4.74 Å². The van der Waals surface area contributed by atoms with Gasteiger partial charge in [-0.05, 0) is 48.7 Å². The van der Waals surface area contributed by atoms with Crippen LogP contribution in [0.3, 0.4) is 0 Å². The second kappa shape index (κ2) is 10.9. The zero-order valence-corrected chi connectivity index (χ0v) is 17.0. The molecule has 0 fully saturated rings. The first kappa shape index (κ1) is 21.3. The minimum absolute atomic E-state index is 0.0190. The van der Waals surface area contributed by atoms with Gasteiger partial charge in [0.2, 0.25) is 5.91 Å². The molecule has 3 rings (SSSR count). The Balaban J connectivity index is 1.59. The van der Waals surface area contributed by atoms with Gasteiger partial charge in [-0.25, -0.2) is 4.79 Å². The monoisotopic (exact) mass is 402 g/mol. The number of hydrogen-bond donors (Lipinski definition) is 2. The molecule has 0 saturated heterocycles. The van der Waals surface area contributed by atoms with Crippen molar-refractivity contribution < 1.29 is 14.3 Å². The maximum atomic E-state index is 12.5. The molecule has 1 amide bonds. The second-order valence-corrected chi connectivity index (χ2v) is 6.88. The molecule has 0 aromatic heterocycles. The van der Waals surface area contributed by atoms with E-state index in [1.165, 1.54) is 5.56 Å². The van der Waals surface area contributed by atoms with Gasteiger partial charge in [-0.2, -0.15) is 0 Å². The lowest BCUT2D eigenvalue weighted by Gasteiger charge is -2.19. The zero-order valence-electron chi connectivity index (χ0n) is 17.0. The molecule has 30 heavy (non-hydrogen) atoms. The van der Waals surface area contributed by atoms with E-state index in [-0.39, 0.29) is 24.5 Å². The summed E-state index contributed by atoms with van der Waals surface area (Å²) in [6.07, 6.45) is 0.784. The molecule has 0 radical (unpaired) electrons. The zero-order chi connectivity index (χ0) is 21.2. The van der Waals surface area contributed by atoms with Crippen LogP contribution in [0.4, 0.5) is 5.69 Å². The average molecular weight is 402 g/mol. The van der Waals surface area contributed by atoms with Crippen molar-refractivity contribution in [3.8, 4) is 0 Å². The number of esters is 1. The summed E-state index contributed by atoms with van der Waals surface area (Å²) in [6, 6.07) is 27.0. The number of carbonyl (C=O) groups excluding carboxylic acids is 2. The van der Waals surface area contributed by atoms with Crippen molar-refractivity contribution in [2.75, 3.05) is 18.5 Å². The number of anilines is 1. The van der Waals surface area contributed by atoms with Crippen LogP contribution in [0.5, 0.6) is 0 Å². The minimum atomic E-state index is -0.372. The van der Waals surface area contributed by atoms with Gasteiger partial charge in [0.05, 0.1) is 18.7 Å². The summed E-state index contributed by atoms with van der Waals surface area (Å²) in [6.45, 7) is 2.26. The summed E-state index contributed by atoms with van der Waals surface area (Å²) in [5, 5.41) is 6.22. The smallest absolute Gasteiger partial charge is 0.338 e. The Bertz CT molecular complexity index is 941. The largest absolute Gasteiger partial charge is 0.462 e. The maximum Gasteiger partial charge on any atom is 0.338 e. The van der Waals surface area contributed by atoms with E-state index in [1.54, 1.807) is 31.2 Å². The summed E-state index contributed by atoms with van der Waals surface area (Å²) < 4.78 is 4.97. The van der Waals surface area contributed by atoms with Crippen molar-refractivity contribution in [3.63, 3.8) is 0 Å². The van der Waals surface area contributed by atoms with Gasteiger partial charge in [-0.1, -0.05) is 60.7 Å². The van der Waals surface area contributed by atoms with Gasteiger partial charge in [0.1, 0.15) is 0 Å². The first-order valence-corrected chi connectivity index (χ1v) is 10.0. The maximum absolute atomic E-state index is 12.5. The van der Waals surface area contributed by atoms with Crippen molar-refractivity contribution >= 4 is 17.6 Å². The quantitative estimate of drug-likeness (QED) is 0.522. The molecule has 0 unspecified atom stereocenters. The van der Waals surface area contributed by atoms with Crippen LogP contribution in [0.2, 0.25) is 0 Å². The highest BCUT2D eigenvalue weighted by Crippen LogP contribution is 2.18. The van der Waals surface area contributed by atoms with E-state index in [0.717, 1.165) is 12.0 Å². The standard InChI is InChI=1S/C25H26N2O3/c1-2-30-25(29)21-13-15-22(16-14-21)27-24(28)18-26-23(20-11-7-4-8-12-20)17-19-9-5-3-6-10-19/h3-16,23,26H,2,17-18H2,1H3,(H,27,28)/t23-/m0/s1. The van der Waals surface area contributed by atoms with Crippen LogP contribution in [0.1, 0.15) is 34.5 Å². The van der Waals surface area contributed by atoms with Crippen LogP contribution in [0, 0.1) is 0 Å². The average Bonchev–Trinajstić information content (AvgIpc) is 2.78. The summed E-state index contributed by atoms with van der Waals surface area (Å²) in [4.78, 5) is 24.2. The lowest BCUT2D eigenvalue weighted by Crippen LogP contribution is -2.32. The Morgan fingerprint density at radius 2 is 1.50 bits per heavy atom. The third-order valence-electron chi connectivity index (χ3n) is 4.67. The molecule has 0 aliphatic rings. The van der Waals surface area contributed by atoms with E-state index in [1.807, 2.05) is 36.4 Å². The predicted octanol–water partition coefficient (Wildman–Crippen LogP) is 4.38. The van der Waals surface area contributed by atoms with Gasteiger partial charge < -0.3 is 15.4 Å². The Labute approximate surface area is 177 Å². The highest BCUT2D eigenvalue weighted by atomic mass is 16.5. The Morgan fingerprint density at radius 1 is 0.867 bits per heavy atom. The van der Waals surface area contributed by atoms with Gasteiger partial charge in [0, 0.05) is 11.7 Å².